The third-order valence-corrected chi connectivity index (χ3v) is 6.89. The van der Waals surface area contributed by atoms with Gasteiger partial charge < -0.3 is 16.0 Å². The average Bonchev–Trinajstić information content (AvgIpc) is 2.67. The van der Waals surface area contributed by atoms with Crippen molar-refractivity contribution in [3.63, 3.8) is 0 Å². The van der Waals surface area contributed by atoms with E-state index < -0.39 is 10.0 Å². The first-order valence-corrected chi connectivity index (χ1v) is 11.1. The highest BCUT2D eigenvalue weighted by Crippen LogP contribution is 2.21. The highest BCUT2D eigenvalue weighted by atomic mass is 35.5. The van der Waals surface area contributed by atoms with Gasteiger partial charge in [-0.05, 0) is 38.1 Å². The van der Waals surface area contributed by atoms with Crippen LogP contribution in [0.1, 0.15) is 37.7 Å². The lowest BCUT2D eigenvalue weighted by Gasteiger charge is -2.32. The molecule has 0 atom stereocenters. The van der Waals surface area contributed by atoms with Crippen LogP contribution in [0.2, 0.25) is 0 Å². The SMILES string of the molecule is CN1CCN(S(=O)(=O)c2ccccc2CNC(=O)CCCCCCN)CC1.Cl.Cl. The van der Waals surface area contributed by atoms with E-state index in [9.17, 15) is 13.2 Å². The Morgan fingerprint density at radius 2 is 1.66 bits per heavy atom. The first-order valence-electron chi connectivity index (χ1n) is 9.68. The van der Waals surface area contributed by atoms with E-state index in [1.54, 1.807) is 24.3 Å². The number of nitrogens with two attached hydrogens (primary N) is 1. The molecule has 0 aromatic heterocycles. The van der Waals surface area contributed by atoms with Crippen LogP contribution in [0.15, 0.2) is 29.2 Å². The Bertz CT molecular complexity index is 711. The fourth-order valence-electron chi connectivity index (χ4n) is 3.13. The van der Waals surface area contributed by atoms with Crippen molar-refractivity contribution >= 4 is 40.7 Å². The van der Waals surface area contributed by atoms with Gasteiger partial charge in [0.05, 0.1) is 4.90 Å². The number of carbonyl (C=O) groups is 1. The maximum absolute atomic E-state index is 13.0. The predicted molar refractivity (Wildman–Crippen MR) is 121 cm³/mol. The monoisotopic (exact) mass is 468 g/mol. The number of piperazine rings is 1. The lowest BCUT2D eigenvalue weighted by molar-refractivity contribution is -0.121. The Morgan fingerprint density at radius 1 is 1.03 bits per heavy atom. The van der Waals surface area contributed by atoms with E-state index in [2.05, 4.69) is 10.2 Å². The number of sulfonamides is 1. The smallest absolute Gasteiger partial charge is 0.243 e. The summed E-state index contributed by atoms with van der Waals surface area (Å²) in [5.41, 5.74) is 6.09. The van der Waals surface area contributed by atoms with Crippen LogP contribution < -0.4 is 11.1 Å². The molecule has 1 aliphatic heterocycles. The summed E-state index contributed by atoms with van der Waals surface area (Å²) in [5.74, 6) is -0.0467. The zero-order chi connectivity index (χ0) is 19.7. The zero-order valence-corrected chi connectivity index (χ0v) is 19.5. The van der Waals surface area contributed by atoms with Crippen LogP contribution in [0.5, 0.6) is 0 Å². The van der Waals surface area contributed by atoms with Crippen molar-refractivity contribution in [1.82, 2.24) is 14.5 Å². The van der Waals surface area contributed by atoms with Gasteiger partial charge in [0.25, 0.3) is 0 Å². The van der Waals surface area contributed by atoms with Crippen LogP contribution in [0.3, 0.4) is 0 Å². The number of nitrogens with one attached hydrogen (secondary N) is 1. The second-order valence-electron chi connectivity index (χ2n) is 7.04. The van der Waals surface area contributed by atoms with Gasteiger partial charge in [0, 0.05) is 39.1 Å². The maximum atomic E-state index is 13.0. The molecule has 168 valence electrons. The van der Waals surface area contributed by atoms with Crippen LogP contribution >= 0.6 is 24.8 Å². The molecule has 0 bridgehead atoms. The minimum atomic E-state index is -3.55. The molecule has 1 amide bonds. The van der Waals surface area contributed by atoms with Gasteiger partial charge in [-0.3, -0.25) is 4.79 Å². The van der Waals surface area contributed by atoms with Gasteiger partial charge in [-0.15, -0.1) is 24.8 Å². The van der Waals surface area contributed by atoms with Crippen molar-refractivity contribution in [1.29, 1.82) is 0 Å². The molecule has 0 radical (unpaired) electrons. The Labute approximate surface area is 187 Å². The van der Waals surface area contributed by atoms with E-state index in [-0.39, 0.29) is 42.2 Å². The number of carbonyl (C=O) groups excluding carboxylic acids is 1. The number of hydrogen-bond acceptors (Lipinski definition) is 5. The molecule has 1 saturated heterocycles. The molecule has 7 nitrogen and oxygen atoms in total. The molecule has 1 aromatic carbocycles. The van der Waals surface area contributed by atoms with Crippen LogP contribution in [-0.2, 0) is 21.4 Å². The summed E-state index contributed by atoms with van der Waals surface area (Å²) in [7, 11) is -1.56. The molecule has 10 heteroatoms. The van der Waals surface area contributed by atoms with E-state index in [0.29, 0.717) is 31.6 Å². The lowest BCUT2D eigenvalue weighted by atomic mass is 10.1. The average molecular weight is 469 g/mol. The number of halogens is 2. The van der Waals surface area contributed by atoms with Crippen LogP contribution in [-0.4, -0.2) is 63.3 Å². The van der Waals surface area contributed by atoms with Gasteiger partial charge in [-0.1, -0.05) is 31.0 Å². The van der Waals surface area contributed by atoms with Crippen molar-refractivity contribution in [2.45, 2.75) is 43.5 Å². The predicted octanol–water partition coefficient (Wildman–Crippen LogP) is 1.99. The fraction of sp³-hybridized carbons (Fsp3) is 0.632. The molecule has 29 heavy (non-hydrogen) atoms. The normalized spacial score (nSPS) is 15.2. The Kier molecular flexibility index (Phi) is 13.7. The highest BCUT2D eigenvalue weighted by Gasteiger charge is 2.29. The summed E-state index contributed by atoms with van der Waals surface area (Å²) in [4.78, 5) is 14.5. The number of rotatable bonds is 10. The number of benzene rings is 1. The van der Waals surface area contributed by atoms with Crippen molar-refractivity contribution in [3.05, 3.63) is 29.8 Å². The van der Waals surface area contributed by atoms with Crippen molar-refractivity contribution in [3.8, 4) is 0 Å². The summed E-state index contributed by atoms with van der Waals surface area (Å²) >= 11 is 0. The number of likely N-dealkylation sites (N-methyl/N-ethyl adjacent to an activating group) is 1. The minimum absolute atomic E-state index is 0. The first kappa shape index (κ1) is 28.1. The molecule has 1 aliphatic rings. The van der Waals surface area contributed by atoms with Crippen LogP contribution in [0.25, 0.3) is 0 Å². The largest absolute Gasteiger partial charge is 0.352 e. The molecule has 0 saturated carbocycles. The lowest BCUT2D eigenvalue weighted by Crippen LogP contribution is -2.47. The van der Waals surface area contributed by atoms with Gasteiger partial charge in [0.15, 0.2) is 0 Å². The van der Waals surface area contributed by atoms with E-state index in [1.807, 2.05) is 7.05 Å². The molecule has 1 aromatic rings. The minimum Gasteiger partial charge on any atom is -0.352 e. The second-order valence-corrected chi connectivity index (χ2v) is 8.95. The molecule has 3 N–H and O–H groups in total. The number of nitrogens with zero attached hydrogens (tertiary/aromatic N) is 2. The Hall–Kier alpha value is -0.900. The third kappa shape index (κ3) is 8.78. The van der Waals surface area contributed by atoms with Crippen LogP contribution in [0, 0.1) is 0 Å². The van der Waals surface area contributed by atoms with Crippen LogP contribution in [0.4, 0.5) is 0 Å². The summed E-state index contributed by atoms with van der Waals surface area (Å²) in [5, 5.41) is 2.86. The molecular formula is C19H34Cl2N4O3S. The zero-order valence-electron chi connectivity index (χ0n) is 17.0. The van der Waals surface area contributed by atoms with Gasteiger partial charge >= 0.3 is 0 Å². The van der Waals surface area contributed by atoms with Crippen molar-refractivity contribution < 1.29 is 13.2 Å². The molecular weight excluding hydrogens is 435 g/mol. The maximum Gasteiger partial charge on any atom is 0.243 e. The summed E-state index contributed by atoms with van der Waals surface area (Å²) in [6.07, 6.45) is 4.29. The van der Waals surface area contributed by atoms with E-state index in [1.165, 1.54) is 4.31 Å². The summed E-state index contributed by atoms with van der Waals surface area (Å²) < 4.78 is 27.6. The van der Waals surface area contributed by atoms with E-state index in [4.69, 9.17) is 5.73 Å². The standard InChI is InChI=1S/C19H32N4O3S.2ClH/c1-22-12-14-23(15-13-22)27(25,26)18-9-6-5-8-17(18)16-21-19(24)10-4-2-3-7-11-20;;/h5-6,8-9H,2-4,7,10-16,20H2,1H3,(H,21,24);2*1H. The molecule has 1 heterocycles. The number of amides is 1. The number of hydrogen-bond donors (Lipinski definition) is 2. The number of unbranched alkanes of at least 4 members (excludes halogenated alkanes) is 3. The van der Waals surface area contributed by atoms with E-state index in [0.717, 1.165) is 38.8 Å². The molecule has 0 spiro atoms. The molecule has 1 fully saturated rings. The quantitative estimate of drug-likeness (QED) is 0.511. The van der Waals surface area contributed by atoms with Gasteiger partial charge in [0.1, 0.15) is 0 Å². The molecule has 0 unspecified atom stereocenters. The fourth-order valence-corrected chi connectivity index (χ4v) is 4.78. The van der Waals surface area contributed by atoms with Gasteiger partial charge in [-0.2, -0.15) is 4.31 Å². The highest BCUT2D eigenvalue weighted by molar-refractivity contribution is 7.89. The Morgan fingerprint density at radius 3 is 2.31 bits per heavy atom. The summed E-state index contributed by atoms with van der Waals surface area (Å²) in [6.45, 7) is 3.34. The molecule has 0 aliphatic carbocycles. The van der Waals surface area contributed by atoms with Gasteiger partial charge in [-0.25, -0.2) is 8.42 Å². The summed E-state index contributed by atoms with van der Waals surface area (Å²) in [6, 6.07) is 6.93. The first-order chi connectivity index (χ1) is 12.9. The molecule has 2 rings (SSSR count). The van der Waals surface area contributed by atoms with Gasteiger partial charge in [0.2, 0.25) is 15.9 Å². The third-order valence-electron chi connectivity index (χ3n) is 4.89. The van der Waals surface area contributed by atoms with Crippen molar-refractivity contribution in [2.75, 3.05) is 39.8 Å². The van der Waals surface area contributed by atoms with E-state index >= 15 is 0 Å². The Balaban J connectivity index is 0.00000392. The topological polar surface area (TPSA) is 95.7 Å². The second kappa shape index (κ2) is 14.2. The van der Waals surface area contributed by atoms with Crippen molar-refractivity contribution in [2.24, 2.45) is 5.73 Å².